The van der Waals surface area contributed by atoms with Gasteiger partial charge in [-0.15, -0.1) is 0 Å². The molecule has 0 aliphatic heterocycles. The number of amides is 1. The molecule has 2 aliphatic carbocycles. The van der Waals surface area contributed by atoms with Crippen LogP contribution in [0.15, 0.2) is 0 Å². The van der Waals surface area contributed by atoms with E-state index in [1.54, 1.807) is 0 Å². The zero-order valence-electron chi connectivity index (χ0n) is 14.0. The second-order valence-corrected chi connectivity index (χ2v) is 8.16. The Morgan fingerprint density at radius 1 is 1.19 bits per heavy atom. The Morgan fingerprint density at radius 3 is 2.38 bits per heavy atom. The molecular formula is C17H33N3O. The molecule has 0 aromatic carbocycles. The standard InChI is InChI=1S/C17H33N3O/c1-16(2)10-6-14(7-11-16)20(3)12-8-13-5-4-9-17(13,19)15(18)21/h13-14H,4-12,19H2,1-3H3,(H2,18,21). The van der Waals surface area contributed by atoms with E-state index in [1.807, 2.05) is 0 Å². The van der Waals surface area contributed by atoms with Crippen molar-refractivity contribution in [2.45, 2.75) is 76.8 Å². The van der Waals surface area contributed by atoms with Gasteiger partial charge >= 0.3 is 0 Å². The molecule has 21 heavy (non-hydrogen) atoms. The van der Waals surface area contributed by atoms with Gasteiger partial charge in [0, 0.05) is 6.04 Å². The molecule has 122 valence electrons. The lowest BCUT2D eigenvalue weighted by molar-refractivity contribution is -0.124. The van der Waals surface area contributed by atoms with Crippen LogP contribution in [-0.4, -0.2) is 36.0 Å². The third-order valence-corrected chi connectivity index (χ3v) is 6.09. The van der Waals surface area contributed by atoms with Crippen molar-refractivity contribution >= 4 is 5.91 Å². The fourth-order valence-electron chi connectivity index (χ4n) is 4.20. The number of nitrogens with two attached hydrogens (primary N) is 2. The third kappa shape index (κ3) is 3.78. The van der Waals surface area contributed by atoms with E-state index in [4.69, 9.17) is 11.5 Å². The van der Waals surface area contributed by atoms with Crippen molar-refractivity contribution in [2.75, 3.05) is 13.6 Å². The van der Waals surface area contributed by atoms with Gasteiger partial charge in [-0.2, -0.15) is 0 Å². The van der Waals surface area contributed by atoms with Crippen molar-refractivity contribution in [2.24, 2.45) is 22.8 Å². The van der Waals surface area contributed by atoms with Gasteiger partial charge in [0.05, 0.1) is 5.54 Å². The van der Waals surface area contributed by atoms with Crippen molar-refractivity contribution in [3.63, 3.8) is 0 Å². The van der Waals surface area contributed by atoms with E-state index >= 15 is 0 Å². The van der Waals surface area contributed by atoms with Crippen LogP contribution in [0.1, 0.15) is 65.2 Å². The maximum Gasteiger partial charge on any atom is 0.237 e. The molecular weight excluding hydrogens is 262 g/mol. The SMILES string of the molecule is CN(CCC1CCCC1(N)C(N)=O)C1CCC(C)(C)CC1. The van der Waals surface area contributed by atoms with Gasteiger partial charge in [-0.25, -0.2) is 0 Å². The molecule has 2 rings (SSSR count). The minimum Gasteiger partial charge on any atom is -0.368 e. The summed E-state index contributed by atoms with van der Waals surface area (Å²) < 4.78 is 0. The first kappa shape index (κ1) is 16.8. The summed E-state index contributed by atoms with van der Waals surface area (Å²) in [5.41, 5.74) is 11.5. The largest absolute Gasteiger partial charge is 0.368 e. The lowest BCUT2D eigenvalue weighted by atomic mass is 9.75. The van der Waals surface area contributed by atoms with Crippen LogP contribution in [0, 0.1) is 11.3 Å². The van der Waals surface area contributed by atoms with Crippen LogP contribution in [0.2, 0.25) is 0 Å². The molecule has 0 bridgehead atoms. The third-order valence-electron chi connectivity index (χ3n) is 6.09. The predicted octanol–water partition coefficient (Wildman–Crippen LogP) is 2.26. The molecule has 2 saturated carbocycles. The summed E-state index contributed by atoms with van der Waals surface area (Å²) in [6.45, 7) is 5.77. The van der Waals surface area contributed by atoms with Crippen molar-refractivity contribution in [1.82, 2.24) is 4.90 Å². The normalized spacial score (nSPS) is 33.5. The summed E-state index contributed by atoms with van der Waals surface area (Å²) in [4.78, 5) is 14.1. The van der Waals surface area contributed by atoms with E-state index in [0.29, 0.717) is 11.5 Å². The van der Waals surface area contributed by atoms with Crippen LogP contribution in [0.25, 0.3) is 0 Å². The molecule has 2 fully saturated rings. The average Bonchev–Trinajstić information content (AvgIpc) is 2.79. The van der Waals surface area contributed by atoms with Crippen molar-refractivity contribution in [3.05, 3.63) is 0 Å². The minimum atomic E-state index is -0.755. The Labute approximate surface area is 129 Å². The fourth-order valence-corrected chi connectivity index (χ4v) is 4.20. The Kier molecular flexibility index (Phi) is 4.99. The summed E-state index contributed by atoms with van der Waals surface area (Å²) in [5.74, 6) is -0.0513. The van der Waals surface area contributed by atoms with E-state index in [9.17, 15) is 4.79 Å². The number of hydrogen-bond donors (Lipinski definition) is 2. The van der Waals surface area contributed by atoms with Gasteiger partial charge in [-0.05, 0) is 69.9 Å². The van der Waals surface area contributed by atoms with Gasteiger partial charge in [0.15, 0.2) is 0 Å². The zero-order chi connectivity index (χ0) is 15.7. The number of nitrogens with zero attached hydrogens (tertiary/aromatic N) is 1. The van der Waals surface area contributed by atoms with Gasteiger partial charge in [0.25, 0.3) is 0 Å². The molecule has 0 heterocycles. The fraction of sp³-hybridized carbons (Fsp3) is 0.941. The van der Waals surface area contributed by atoms with Gasteiger partial charge in [0.2, 0.25) is 5.91 Å². The smallest absolute Gasteiger partial charge is 0.237 e. The van der Waals surface area contributed by atoms with Crippen LogP contribution in [0.4, 0.5) is 0 Å². The molecule has 2 unspecified atom stereocenters. The van der Waals surface area contributed by atoms with E-state index in [1.165, 1.54) is 25.7 Å². The predicted molar refractivity (Wildman–Crippen MR) is 86.7 cm³/mol. The van der Waals surface area contributed by atoms with Crippen LogP contribution in [-0.2, 0) is 4.79 Å². The first-order chi connectivity index (χ1) is 9.74. The molecule has 0 spiro atoms. The Morgan fingerprint density at radius 2 is 1.81 bits per heavy atom. The highest BCUT2D eigenvalue weighted by Gasteiger charge is 2.44. The molecule has 4 N–H and O–H groups in total. The van der Waals surface area contributed by atoms with Gasteiger partial charge in [-0.1, -0.05) is 20.3 Å². The topological polar surface area (TPSA) is 72.3 Å². The van der Waals surface area contributed by atoms with E-state index in [0.717, 1.165) is 32.2 Å². The quantitative estimate of drug-likeness (QED) is 0.817. The number of carbonyl (C=O) groups is 1. The Balaban J connectivity index is 1.82. The van der Waals surface area contributed by atoms with E-state index < -0.39 is 5.54 Å². The van der Waals surface area contributed by atoms with Gasteiger partial charge in [0.1, 0.15) is 0 Å². The van der Waals surface area contributed by atoms with Gasteiger partial charge in [-0.3, -0.25) is 4.79 Å². The van der Waals surface area contributed by atoms with E-state index in [2.05, 4.69) is 25.8 Å². The first-order valence-corrected chi connectivity index (χ1v) is 8.54. The molecule has 0 saturated heterocycles. The Hall–Kier alpha value is -0.610. The van der Waals surface area contributed by atoms with Crippen molar-refractivity contribution in [3.8, 4) is 0 Å². The summed E-state index contributed by atoms with van der Waals surface area (Å²) in [5, 5.41) is 0. The van der Waals surface area contributed by atoms with Crippen molar-refractivity contribution < 1.29 is 4.79 Å². The lowest BCUT2D eigenvalue weighted by Gasteiger charge is -2.39. The summed E-state index contributed by atoms with van der Waals surface area (Å²) in [6, 6.07) is 0.695. The first-order valence-electron chi connectivity index (χ1n) is 8.54. The highest BCUT2D eigenvalue weighted by atomic mass is 16.1. The molecule has 4 nitrogen and oxygen atoms in total. The molecule has 1 amide bonds. The zero-order valence-corrected chi connectivity index (χ0v) is 14.0. The number of hydrogen-bond acceptors (Lipinski definition) is 3. The second kappa shape index (κ2) is 6.25. The maximum absolute atomic E-state index is 11.6. The Bertz CT molecular complexity index is 372. The second-order valence-electron chi connectivity index (χ2n) is 8.16. The average molecular weight is 295 g/mol. The minimum absolute atomic E-state index is 0.262. The number of rotatable bonds is 5. The molecule has 2 aliphatic rings. The molecule has 0 aromatic rings. The highest BCUT2D eigenvalue weighted by Crippen LogP contribution is 2.38. The molecule has 4 heteroatoms. The summed E-state index contributed by atoms with van der Waals surface area (Å²) >= 11 is 0. The summed E-state index contributed by atoms with van der Waals surface area (Å²) in [7, 11) is 2.22. The van der Waals surface area contributed by atoms with Crippen LogP contribution < -0.4 is 11.5 Å². The number of primary amides is 1. The monoisotopic (exact) mass is 295 g/mol. The van der Waals surface area contributed by atoms with E-state index in [-0.39, 0.29) is 11.8 Å². The maximum atomic E-state index is 11.6. The molecule has 0 aromatic heterocycles. The van der Waals surface area contributed by atoms with Crippen molar-refractivity contribution in [1.29, 1.82) is 0 Å². The number of carbonyl (C=O) groups excluding carboxylic acids is 1. The highest BCUT2D eigenvalue weighted by molar-refractivity contribution is 5.85. The lowest BCUT2D eigenvalue weighted by Crippen LogP contribution is -2.55. The van der Waals surface area contributed by atoms with Crippen LogP contribution in [0.3, 0.4) is 0 Å². The van der Waals surface area contributed by atoms with Gasteiger partial charge < -0.3 is 16.4 Å². The summed E-state index contributed by atoms with van der Waals surface area (Å²) in [6.07, 6.45) is 9.04. The molecule has 0 radical (unpaired) electrons. The van der Waals surface area contributed by atoms with Crippen LogP contribution in [0.5, 0.6) is 0 Å². The molecule has 2 atom stereocenters. The van der Waals surface area contributed by atoms with Crippen LogP contribution >= 0.6 is 0 Å².